The van der Waals surface area contributed by atoms with Crippen molar-refractivity contribution in [1.29, 1.82) is 0 Å². The predicted molar refractivity (Wildman–Crippen MR) is 122 cm³/mol. The van der Waals surface area contributed by atoms with Gasteiger partial charge in [0, 0.05) is 54.4 Å². The molecule has 6 nitrogen and oxygen atoms in total. The first-order valence-electron chi connectivity index (χ1n) is 10.6. The Bertz CT molecular complexity index is 887. The highest BCUT2D eigenvalue weighted by atomic mass is 32.2. The van der Waals surface area contributed by atoms with Crippen molar-refractivity contribution in [2.75, 3.05) is 54.5 Å². The van der Waals surface area contributed by atoms with Crippen molar-refractivity contribution in [3.8, 4) is 0 Å². The van der Waals surface area contributed by atoms with Crippen LogP contribution < -0.4 is 15.5 Å². The Labute approximate surface area is 177 Å². The summed E-state index contributed by atoms with van der Waals surface area (Å²) in [5.74, 6) is 3.28. The SMILES string of the molecule is CC1CSc2nc(Nc3ccc(N4CCN(C)CC4)cc3)nc(NC3(C)CC3)c21. The molecule has 0 radical (unpaired) electrons. The van der Waals surface area contributed by atoms with E-state index >= 15 is 0 Å². The first-order chi connectivity index (χ1) is 14.0. The normalized spacial score (nSPS) is 23.0. The van der Waals surface area contributed by atoms with Crippen molar-refractivity contribution in [2.45, 2.75) is 43.2 Å². The number of hydrogen-bond acceptors (Lipinski definition) is 7. The van der Waals surface area contributed by atoms with Gasteiger partial charge < -0.3 is 20.4 Å². The summed E-state index contributed by atoms with van der Waals surface area (Å²) in [5, 5.41) is 8.24. The zero-order valence-electron chi connectivity index (χ0n) is 17.5. The second kappa shape index (κ2) is 7.36. The average Bonchev–Trinajstić information content (AvgIpc) is 3.31. The van der Waals surface area contributed by atoms with E-state index in [1.54, 1.807) is 0 Å². The van der Waals surface area contributed by atoms with E-state index in [1.807, 2.05) is 11.8 Å². The largest absolute Gasteiger partial charge is 0.369 e. The molecule has 1 aromatic carbocycles. The highest BCUT2D eigenvalue weighted by molar-refractivity contribution is 7.99. The number of nitrogens with zero attached hydrogens (tertiary/aromatic N) is 4. The van der Waals surface area contributed by atoms with Crippen LogP contribution in [0.5, 0.6) is 0 Å². The first kappa shape index (κ1) is 19.0. The summed E-state index contributed by atoms with van der Waals surface area (Å²) >= 11 is 1.84. The monoisotopic (exact) mass is 410 g/mol. The molecule has 5 rings (SSSR count). The van der Waals surface area contributed by atoms with E-state index in [0.717, 1.165) is 48.5 Å². The number of thioether (sulfide) groups is 1. The van der Waals surface area contributed by atoms with Crippen LogP contribution in [-0.2, 0) is 0 Å². The third kappa shape index (κ3) is 4.03. The fourth-order valence-electron chi connectivity index (χ4n) is 3.99. The number of nitrogens with one attached hydrogen (secondary N) is 2. The Balaban J connectivity index is 1.34. The molecule has 3 aliphatic rings. The van der Waals surface area contributed by atoms with Crippen molar-refractivity contribution in [2.24, 2.45) is 0 Å². The van der Waals surface area contributed by atoms with Crippen LogP contribution in [0, 0.1) is 0 Å². The second-order valence-electron chi connectivity index (χ2n) is 8.97. The van der Waals surface area contributed by atoms with Gasteiger partial charge in [-0.05, 0) is 57.0 Å². The van der Waals surface area contributed by atoms with Crippen molar-refractivity contribution >= 4 is 34.9 Å². The van der Waals surface area contributed by atoms with Crippen molar-refractivity contribution in [1.82, 2.24) is 14.9 Å². The third-order valence-electron chi connectivity index (χ3n) is 6.29. The fourth-order valence-corrected chi connectivity index (χ4v) is 5.17. The van der Waals surface area contributed by atoms with Gasteiger partial charge in [-0.25, -0.2) is 4.98 Å². The molecule has 2 N–H and O–H groups in total. The molecule has 1 unspecified atom stereocenters. The number of rotatable bonds is 5. The first-order valence-corrected chi connectivity index (χ1v) is 11.6. The Kier molecular flexibility index (Phi) is 4.82. The van der Waals surface area contributed by atoms with Crippen LogP contribution in [0.1, 0.15) is 38.2 Å². The lowest BCUT2D eigenvalue weighted by Gasteiger charge is -2.34. The average molecular weight is 411 g/mol. The molecule has 0 bridgehead atoms. The van der Waals surface area contributed by atoms with E-state index in [0.29, 0.717) is 11.9 Å². The number of likely N-dealkylation sites (N-methyl/N-ethyl adjacent to an activating group) is 1. The predicted octanol–water partition coefficient (Wildman–Crippen LogP) is 4.15. The number of aromatic nitrogens is 2. The quantitative estimate of drug-likeness (QED) is 0.718. The number of benzene rings is 1. The molecular weight excluding hydrogens is 380 g/mol. The summed E-state index contributed by atoms with van der Waals surface area (Å²) in [7, 11) is 2.19. The molecule has 2 aromatic rings. The number of fused-ring (bicyclic) bond motifs is 1. The summed E-state index contributed by atoms with van der Waals surface area (Å²) in [6.45, 7) is 8.95. The minimum Gasteiger partial charge on any atom is -0.369 e. The van der Waals surface area contributed by atoms with Gasteiger partial charge in [-0.15, -0.1) is 11.8 Å². The maximum atomic E-state index is 4.87. The van der Waals surface area contributed by atoms with Gasteiger partial charge in [-0.3, -0.25) is 0 Å². The van der Waals surface area contributed by atoms with Crippen LogP contribution in [0.2, 0.25) is 0 Å². The van der Waals surface area contributed by atoms with Gasteiger partial charge in [0.05, 0.1) is 0 Å². The smallest absolute Gasteiger partial charge is 0.230 e. The van der Waals surface area contributed by atoms with E-state index < -0.39 is 0 Å². The van der Waals surface area contributed by atoms with E-state index in [-0.39, 0.29) is 5.54 Å². The Hall–Kier alpha value is -1.99. The van der Waals surface area contributed by atoms with Crippen molar-refractivity contribution in [3.05, 3.63) is 29.8 Å². The molecule has 2 fully saturated rings. The third-order valence-corrected chi connectivity index (χ3v) is 7.54. The van der Waals surface area contributed by atoms with Crippen LogP contribution in [0.4, 0.5) is 23.1 Å². The second-order valence-corrected chi connectivity index (χ2v) is 9.98. The van der Waals surface area contributed by atoms with Crippen LogP contribution >= 0.6 is 11.8 Å². The van der Waals surface area contributed by atoms with Gasteiger partial charge in [0.15, 0.2) is 0 Å². The maximum absolute atomic E-state index is 4.87. The zero-order valence-corrected chi connectivity index (χ0v) is 18.4. The standard InChI is InChI=1S/C22H30N6S/c1-15-14-29-20-18(15)19(26-22(2)8-9-22)24-21(25-20)23-16-4-6-17(7-5-16)28-12-10-27(3)11-13-28/h4-7,15H,8-14H2,1-3H3,(H2,23,24,25,26). The molecule has 1 aliphatic carbocycles. The fraction of sp³-hybridized carbons (Fsp3) is 0.545. The van der Waals surface area contributed by atoms with Crippen LogP contribution in [0.25, 0.3) is 0 Å². The minimum absolute atomic E-state index is 0.205. The van der Waals surface area contributed by atoms with Crippen LogP contribution in [0.15, 0.2) is 29.3 Å². The molecule has 0 amide bonds. The lowest BCUT2D eigenvalue weighted by atomic mass is 10.1. The lowest BCUT2D eigenvalue weighted by molar-refractivity contribution is 0.313. The van der Waals surface area contributed by atoms with Crippen LogP contribution in [-0.4, -0.2) is 59.4 Å². The van der Waals surface area contributed by atoms with Gasteiger partial charge in [0.2, 0.25) is 5.95 Å². The number of hydrogen-bond donors (Lipinski definition) is 2. The Morgan fingerprint density at radius 1 is 1.07 bits per heavy atom. The molecule has 7 heteroatoms. The van der Waals surface area contributed by atoms with E-state index in [1.165, 1.54) is 24.1 Å². The van der Waals surface area contributed by atoms with Gasteiger partial charge in [0.1, 0.15) is 10.8 Å². The van der Waals surface area contributed by atoms with Gasteiger partial charge >= 0.3 is 0 Å². The molecule has 154 valence electrons. The van der Waals surface area contributed by atoms with Gasteiger partial charge in [0.25, 0.3) is 0 Å². The topological polar surface area (TPSA) is 56.3 Å². The number of anilines is 4. The molecule has 1 saturated heterocycles. The summed E-state index contributed by atoms with van der Waals surface area (Å²) in [4.78, 5) is 14.5. The molecule has 3 heterocycles. The molecule has 0 spiro atoms. The lowest BCUT2D eigenvalue weighted by Crippen LogP contribution is -2.44. The molecule has 29 heavy (non-hydrogen) atoms. The zero-order chi connectivity index (χ0) is 20.0. The summed E-state index contributed by atoms with van der Waals surface area (Å²) in [6.07, 6.45) is 2.42. The maximum Gasteiger partial charge on any atom is 0.230 e. The van der Waals surface area contributed by atoms with E-state index in [2.05, 4.69) is 65.6 Å². The molecule has 1 saturated carbocycles. The molecule has 1 aromatic heterocycles. The van der Waals surface area contributed by atoms with Gasteiger partial charge in [-0.1, -0.05) is 6.92 Å². The Morgan fingerprint density at radius 2 is 1.79 bits per heavy atom. The van der Waals surface area contributed by atoms with E-state index in [9.17, 15) is 0 Å². The molecule has 1 atom stereocenters. The van der Waals surface area contributed by atoms with Crippen molar-refractivity contribution in [3.63, 3.8) is 0 Å². The van der Waals surface area contributed by atoms with E-state index in [4.69, 9.17) is 9.97 Å². The van der Waals surface area contributed by atoms with Gasteiger partial charge in [-0.2, -0.15) is 4.98 Å². The molecular formula is C22H30N6S. The number of piperazine rings is 1. The Morgan fingerprint density at radius 3 is 2.48 bits per heavy atom. The minimum atomic E-state index is 0.205. The highest BCUT2D eigenvalue weighted by Gasteiger charge is 2.39. The molecule has 2 aliphatic heterocycles. The van der Waals surface area contributed by atoms with Crippen molar-refractivity contribution < 1.29 is 0 Å². The van der Waals surface area contributed by atoms with Crippen LogP contribution in [0.3, 0.4) is 0 Å². The summed E-state index contributed by atoms with van der Waals surface area (Å²) < 4.78 is 0. The highest BCUT2D eigenvalue weighted by Crippen LogP contribution is 2.45. The summed E-state index contributed by atoms with van der Waals surface area (Å²) in [5.41, 5.74) is 3.81. The summed E-state index contributed by atoms with van der Waals surface area (Å²) in [6, 6.07) is 8.66.